The number of hydrogen-bond acceptors (Lipinski definition) is 4. The van der Waals surface area contributed by atoms with Crippen molar-refractivity contribution in [3.63, 3.8) is 0 Å². The Balaban J connectivity index is 1.94. The van der Waals surface area contributed by atoms with Crippen LogP contribution in [-0.4, -0.2) is 36.1 Å². The van der Waals surface area contributed by atoms with Crippen LogP contribution in [0.15, 0.2) is 36.7 Å². The first-order valence-corrected chi connectivity index (χ1v) is 7.00. The third-order valence-corrected chi connectivity index (χ3v) is 3.58. The molecule has 22 heavy (non-hydrogen) atoms. The molecule has 0 atom stereocenters. The summed E-state index contributed by atoms with van der Waals surface area (Å²) in [4.78, 5) is 10.8. The van der Waals surface area contributed by atoms with E-state index in [-0.39, 0.29) is 0 Å². The average Bonchev–Trinajstić information content (AvgIpc) is 2.55. The second-order valence-corrected chi connectivity index (χ2v) is 5.04. The summed E-state index contributed by atoms with van der Waals surface area (Å²) in [5, 5.41) is 3.25. The minimum Gasteiger partial charge on any atom is -0.352 e. The van der Waals surface area contributed by atoms with Gasteiger partial charge in [-0.3, -0.25) is 4.98 Å². The van der Waals surface area contributed by atoms with Gasteiger partial charge in [0, 0.05) is 44.1 Å². The fourth-order valence-electron chi connectivity index (χ4n) is 2.46. The van der Waals surface area contributed by atoms with Gasteiger partial charge in [0.25, 0.3) is 0 Å². The van der Waals surface area contributed by atoms with Gasteiger partial charge in [-0.2, -0.15) is 13.2 Å². The fraction of sp³-hybridized carbons (Fsp3) is 0.333. The van der Waals surface area contributed by atoms with Crippen molar-refractivity contribution in [1.29, 1.82) is 0 Å². The van der Waals surface area contributed by atoms with E-state index in [0.29, 0.717) is 17.1 Å². The minimum absolute atomic E-state index is 0.609. The van der Waals surface area contributed by atoms with E-state index >= 15 is 0 Å². The summed E-state index contributed by atoms with van der Waals surface area (Å²) in [6.45, 7) is 3.30. The molecule has 116 valence electrons. The van der Waals surface area contributed by atoms with E-state index < -0.39 is 11.7 Å². The standard InChI is InChI=1S/C15H15F3N4/c16-15(17,18)12-3-1-11(2-4-12)13-14(21-6-5-20-13)22-9-7-19-8-10-22/h1-6,19H,7-10H2. The number of rotatable bonds is 2. The van der Waals surface area contributed by atoms with E-state index in [9.17, 15) is 13.2 Å². The van der Waals surface area contributed by atoms with Crippen molar-refractivity contribution < 1.29 is 13.2 Å². The summed E-state index contributed by atoms with van der Waals surface area (Å²) in [5.41, 5.74) is 0.580. The zero-order valence-corrected chi connectivity index (χ0v) is 11.8. The largest absolute Gasteiger partial charge is 0.416 e. The zero-order valence-electron chi connectivity index (χ0n) is 11.8. The highest BCUT2D eigenvalue weighted by Crippen LogP contribution is 2.32. The van der Waals surface area contributed by atoms with Crippen molar-refractivity contribution in [2.45, 2.75) is 6.18 Å². The highest BCUT2D eigenvalue weighted by molar-refractivity contribution is 5.72. The Morgan fingerprint density at radius 1 is 0.955 bits per heavy atom. The van der Waals surface area contributed by atoms with Gasteiger partial charge in [-0.15, -0.1) is 0 Å². The predicted octanol–water partition coefficient (Wildman–Crippen LogP) is 2.57. The highest BCUT2D eigenvalue weighted by Gasteiger charge is 2.30. The predicted molar refractivity (Wildman–Crippen MR) is 77.6 cm³/mol. The summed E-state index contributed by atoms with van der Waals surface area (Å²) in [5.74, 6) is 0.712. The van der Waals surface area contributed by atoms with E-state index in [1.54, 1.807) is 12.4 Å². The van der Waals surface area contributed by atoms with Gasteiger partial charge < -0.3 is 10.2 Å². The van der Waals surface area contributed by atoms with Crippen LogP contribution in [0, 0.1) is 0 Å². The lowest BCUT2D eigenvalue weighted by Crippen LogP contribution is -2.44. The molecule has 0 saturated carbocycles. The molecule has 2 heterocycles. The molecule has 0 bridgehead atoms. The Labute approximate surface area is 126 Å². The number of anilines is 1. The van der Waals surface area contributed by atoms with Gasteiger partial charge in [0.1, 0.15) is 5.69 Å². The molecule has 1 fully saturated rings. The van der Waals surface area contributed by atoms with E-state index in [4.69, 9.17) is 0 Å². The van der Waals surface area contributed by atoms with Gasteiger partial charge >= 0.3 is 6.18 Å². The summed E-state index contributed by atoms with van der Waals surface area (Å²) >= 11 is 0. The number of alkyl halides is 3. The van der Waals surface area contributed by atoms with Crippen molar-refractivity contribution >= 4 is 5.82 Å². The number of benzene rings is 1. The van der Waals surface area contributed by atoms with E-state index in [1.165, 1.54) is 12.1 Å². The number of nitrogens with one attached hydrogen (secondary N) is 1. The van der Waals surface area contributed by atoms with Gasteiger partial charge in [0.05, 0.1) is 5.56 Å². The maximum Gasteiger partial charge on any atom is 0.416 e. The molecule has 1 aromatic carbocycles. The van der Waals surface area contributed by atoms with Crippen molar-refractivity contribution in [3.8, 4) is 11.3 Å². The average molecular weight is 308 g/mol. The molecule has 1 aromatic heterocycles. The monoisotopic (exact) mass is 308 g/mol. The zero-order chi connectivity index (χ0) is 15.6. The molecule has 4 nitrogen and oxygen atoms in total. The molecule has 1 aliphatic rings. The highest BCUT2D eigenvalue weighted by atomic mass is 19.4. The molecule has 7 heteroatoms. The minimum atomic E-state index is -4.33. The lowest BCUT2D eigenvalue weighted by Gasteiger charge is -2.29. The first kappa shape index (κ1) is 14.8. The van der Waals surface area contributed by atoms with E-state index in [2.05, 4.69) is 20.2 Å². The Kier molecular flexibility index (Phi) is 3.98. The summed E-state index contributed by atoms with van der Waals surface area (Å²) in [7, 11) is 0. The molecule has 0 radical (unpaired) electrons. The summed E-state index contributed by atoms with van der Waals surface area (Å²) < 4.78 is 37.9. The van der Waals surface area contributed by atoms with Gasteiger partial charge in [-0.25, -0.2) is 4.98 Å². The van der Waals surface area contributed by atoms with Crippen molar-refractivity contribution in [3.05, 3.63) is 42.2 Å². The van der Waals surface area contributed by atoms with Crippen LogP contribution in [0.2, 0.25) is 0 Å². The number of hydrogen-bond donors (Lipinski definition) is 1. The van der Waals surface area contributed by atoms with Crippen molar-refractivity contribution in [2.75, 3.05) is 31.1 Å². The Hall–Kier alpha value is -2.15. The van der Waals surface area contributed by atoms with Crippen LogP contribution in [0.4, 0.5) is 19.0 Å². The molecule has 0 spiro atoms. The maximum absolute atomic E-state index is 12.6. The van der Waals surface area contributed by atoms with E-state index in [1.807, 2.05) is 0 Å². The Morgan fingerprint density at radius 2 is 1.59 bits per heavy atom. The smallest absolute Gasteiger partial charge is 0.352 e. The van der Waals surface area contributed by atoms with Crippen LogP contribution in [0.25, 0.3) is 11.3 Å². The first-order valence-electron chi connectivity index (χ1n) is 7.00. The van der Waals surface area contributed by atoms with Gasteiger partial charge in [0.15, 0.2) is 5.82 Å². The Bertz CT molecular complexity index is 634. The van der Waals surface area contributed by atoms with Crippen LogP contribution >= 0.6 is 0 Å². The first-order chi connectivity index (χ1) is 10.6. The second-order valence-electron chi connectivity index (χ2n) is 5.04. The summed E-state index contributed by atoms with van der Waals surface area (Å²) in [6.07, 6.45) is -1.17. The third-order valence-electron chi connectivity index (χ3n) is 3.58. The van der Waals surface area contributed by atoms with E-state index in [0.717, 1.165) is 38.3 Å². The van der Waals surface area contributed by atoms with Crippen LogP contribution in [0.5, 0.6) is 0 Å². The third kappa shape index (κ3) is 3.04. The topological polar surface area (TPSA) is 41.1 Å². The quantitative estimate of drug-likeness (QED) is 0.926. The molecular formula is C15H15F3N4. The molecule has 0 aliphatic carbocycles. The fourth-order valence-corrected chi connectivity index (χ4v) is 2.46. The molecule has 3 rings (SSSR count). The van der Waals surface area contributed by atoms with Gasteiger partial charge in [0.2, 0.25) is 0 Å². The summed E-state index contributed by atoms with van der Waals surface area (Å²) in [6, 6.07) is 5.04. The van der Waals surface area contributed by atoms with Crippen LogP contribution < -0.4 is 10.2 Å². The molecule has 1 saturated heterocycles. The number of piperazine rings is 1. The molecule has 2 aromatic rings. The lowest BCUT2D eigenvalue weighted by atomic mass is 10.1. The van der Waals surface area contributed by atoms with Crippen molar-refractivity contribution in [1.82, 2.24) is 15.3 Å². The van der Waals surface area contributed by atoms with Crippen molar-refractivity contribution in [2.24, 2.45) is 0 Å². The molecule has 1 aliphatic heterocycles. The number of aromatic nitrogens is 2. The van der Waals surface area contributed by atoms with Gasteiger partial charge in [-0.1, -0.05) is 12.1 Å². The van der Waals surface area contributed by atoms with Crippen LogP contribution in [0.3, 0.4) is 0 Å². The normalized spacial score (nSPS) is 15.9. The number of halogens is 3. The Morgan fingerprint density at radius 3 is 2.23 bits per heavy atom. The molecular weight excluding hydrogens is 293 g/mol. The second kappa shape index (κ2) is 5.92. The van der Waals surface area contributed by atoms with Crippen LogP contribution in [0.1, 0.15) is 5.56 Å². The van der Waals surface area contributed by atoms with Crippen LogP contribution in [-0.2, 0) is 6.18 Å². The SMILES string of the molecule is FC(F)(F)c1ccc(-c2nccnc2N2CCNCC2)cc1. The maximum atomic E-state index is 12.6. The van der Waals surface area contributed by atoms with Gasteiger partial charge in [-0.05, 0) is 12.1 Å². The lowest BCUT2D eigenvalue weighted by molar-refractivity contribution is -0.137. The molecule has 0 unspecified atom stereocenters. The molecule has 0 amide bonds. The molecule has 1 N–H and O–H groups in total. The number of nitrogens with zero attached hydrogens (tertiary/aromatic N) is 3.